The van der Waals surface area contributed by atoms with Crippen LogP contribution in [-0.2, 0) is 4.57 Å². The second-order valence-corrected chi connectivity index (χ2v) is 8.86. The van der Waals surface area contributed by atoms with Crippen molar-refractivity contribution in [1.29, 1.82) is 0 Å². The number of amides is 2. The topological polar surface area (TPSA) is 67.4 Å². The molecule has 7 heteroatoms. The zero-order chi connectivity index (χ0) is 18.9. The minimum atomic E-state index is -3.39. The van der Waals surface area contributed by atoms with E-state index in [9.17, 15) is 9.36 Å². The lowest BCUT2D eigenvalue weighted by Gasteiger charge is -2.21. The van der Waals surface area contributed by atoms with Crippen LogP contribution in [0, 0.1) is 0 Å². The number of hydrogen-bond donors (Lipinski definition) is 2. The first-order valence-electron chi connectivity index (χ1n) is 8.34. The van der Waals surface area contributed by atoms with Gasteiger partial charge in [-0.2, -0.15) is 0 Å². The molecule has 5 nitrogen and oxygen atoms in total. The molecule has 0 saturated heterocycles. The Hall–Kier alpha value is -2.75. The molecule has 1 aliphatic rings. The minimum Gasteiger partial charge on any atom is -0.438 e. The standard InChI is InChI=1S/C20H16ClN2O3P/c21-16-11-5-6-12-17(16)22-20(24)23-19-15-10-4-7-13-18(15)26-27(19,25)14-8-2-1-3-9-14/h1-13,19H,(H2,22,23,24)/t19-,27-/m1/s1. The van der Waals surface area contributed by atoms with Gasteiger partial charge in [0.15, 0.2) is 5.78 Å². The third-order valence-electron chi connectivity index (χ3n) is 4.29. The van der Waals surface area contributed by atoms with E-state index in [1.165, 1.54) is 0 Å². The number of nitrogens with one attached hydrogen (secondary N) is 2. The summed E-state index contributed by atoms with van der Waals surface area (Å²) in [6.45, 7) is 0. The van der Waals surface area contributed by atoms with Crippen LogP contribution < -0.4 is 20.5 Å². The first-order valence-corrected chi connectivity index (χ1v) is 10.4. The first kappa shape index (κ1) is 17.7. The van der Waals surface area contributed by atoms with Crippen molar-refractivity contribution in [2.75, 3.05) is 5.32 Å². The van der Waals surface area contributed by atoms with Crippen LogP contribution in [0.5, 0.6) is 5.75 Å². The molecule has 0 unspecified atom stereocenters. The molecular formula is C20H16ClN2O3P. The lowest BCUT2D eigenvalue weighted by atomic mass is 10.2. The molecule has 136 valence electrons. The molecule has 27 heavy (non-hydrogen) atoms. The van der Waals surface area contributed by atoms with E-state index in [2.05, 4.69) is 10.6 Å². The lowest BCUT2D eigenvalue weighted by Crippen LogP contribution is -2.33. The normalized spacial score (nSPS) is 20.4. The average molecular weight is 399 g/mol. The Morgan fingerprint density at radius 2 is 1.59 bits per heavy atom. The van der Waals surface area contributed by atoms with Crippen molar-refractivity contribution in [3.8, 4) is 5.75 Å². The highest BCUT2D eigenvalue weighted by molar-refractivity contribution is 7.68. The summed E-state index contributed by atoms with van der Waals surface area (Å²) >= 11 is 6.10. The SMILES string of the molecule is O=C(Nc1ccccc1Cl)N[C@H]1c2ccccc2O[P@]1(=O)c1ccccc1. The van der Waals surface area contributed by atoms with E-state index in [4.69, 9.17) is 16.1 Å². The summed E-state index contributed by atoms with van der Waals surface area (Å²) in [4.78, 5) is 12.6. The van der Waals surface area contributed by atoms with E-state index in [-0.39, 0.29) is 0 Å². The molecule has 0 spiro atoms. The van der Waals surface area contributed by atoms with Crippen molar-refractivity contribution >= 4 is 36.0 Å². The maximum atomic E-state index is 13.8. The molecule has 0 fully saturated rings. The quantitative estimate of drug-likeness (QED) is 0.599. The fourth-order valence-corrected chi connectivity index (χ4v) is 5.62. The van der Waals surface area contributed by atoms with Crippen LogP contribution in [-0.4, -0.2) is 6.03 Å². The summed E-state index contributed by atoms with van der Waals surface area (Å²) in [5, 5.41) is 6.47. The second-order valence-electron chi connectivity index (χ2n) is 6.04. The molecule has 2 N–H and O–H groups in total. The molecule has 2 atom stereocenters. The molecular weight excluding hydrogens is 383 g/mol. The van der Waals surface area contributed by atoms with Gasteiger partial charge in [-0.05, 0) is 30.3 Å². The van der Waals surface area contributed by atoms with E-state index in [0.29, 0.717) is 27.3 Å². The summed E-state index contributed by atoms with van der Waals surface area (Å²) in [6.07, 6.45) is 0. The van der Waals surface area contributed by atoms with Crippen LogP contribution >= 0.6 is 19.0 Å². The predicted molar refractivity (Wildman–Crippen MR) is 107 cm³/mol. The van der Waals surface area contributed by atoms with Crippen molar-refractivity contribution in [3.05, 3.63) is 89.4 Å². The zero-order valence-corrected chi connectivity index (χ0v) is 15.8. The third-order valence-corrected chi connectivity index (χ3v) is 7.20. The smallest absolute Gasteiger partial charge is 0.320 e. The molecule has 1 heterocycles. The highest BCUT2D eigenvalue weighted by atomic mass is 35.5. The summed E-state index contributed by atoms with van der Waals surface area (Å²) in [6, 6.07) is 22.5. The minimum absolute atomic E-state index is 0.418. The fourth-order valence-electron chi connectivity index (χ4n) is 3.02. The maximum Gasteiger partial charge on any atom is 0.320 e. The fraction of sp³-hybridized carbons (Fsp3) is 0.0500. The van der Waals surface area contributed by atoms with Gasteiger partial charge in [0.1, 0.15) is 5.75 Å². The number of hydrogen-bond acceptors (Lipinski definition) is 3. The van der Waals surface area contributed by atoms with E-state index < -0.39 is 19.2 Å². The van der Waals surface area contributed by atoms with Crippen LogP contribution in [0.3, 0.4) is 0 Å². The van der Waals surface area contributed by atoms with Crippen LogP contribution in [0.25, 0.3) is 0 Å². The molecule has 4 rings (SSSR count). The Morgan fingerprint density at radius 3 is 2.37 bits per heavy atom. The van der Waals surface area contributed by atoms with Gasteiger partial charge in [0.25, 0.3) is 0 Å². The Bertz CT molecular complexity index is 1040. The zero-order valence-electron chi connectivity index (χ0n) is 14.1. The summed E-state index contributed by atoms with van der Waals surface area (Å²) in [7, 11) is -3.39. The third kappa shape index (κ3) is 3.32. The number of urea groups is 1. The summed E-state index contributed by atoms with van der Waals surface area (Å²) in [5.74, 6) is -0.286. The monoisotopic (exact) mass is 398 g/mol. The van der Waals surface area contributed by atoms with Gasteiger partial charge in [-0.15, -0.1) is 0 Å². The predicted octanol–water partition coefficient (Wildman–Crippen LogP) is 5.16. The van der Waals surface area contributed by atoms with Crippen LogP contribution in [0.2, 0.25) is 5.02 Å². The van der Waals surface area contributed by atoms with Gasteiger partial charge in [0, 0.05) is 5.56 Å². The van der Waals surface area contributed by atoms with Crippen LogP contribution in [0.1, 0.15) is 11.3 Å². The molecule has 0 radical (unpaired) electrons. The van der Waals surface area contributed by atoms with Gasteiger partial charge in [0.2, 0.25) is 0 Å². The van der Waals surface area contributed by atoms with Crippen molar-refractivity contribution in [3.63, 3.8) is 0 Å². The first-order chi connectivity index (χ1) is 13.1. The number of para-hydroxylation sites is 2. The number of carbonyl (C=O) groups is 1. The Labute approximate surface area is 161 Å². The number of benzene rings is 3. The molecule has 3 aromatic carbocycles. The van der Waals surface area contributed by atoms with Crippen molar-refractivity contribution in [2.45, 2.75) is 5.78 Å². The number of fused-ring (bicyclic) bond motifs is 1. The van der Waals surface area contributed by atoms with Crippen LogP contribution in [0.15, 0.2) is 78.9 Å². The van der Waals surface area contributed by atoms with Gasteiger partial charge in [-0.1, -0.05) is 60.1 Å². The molecule has 2 amide bonds. The Kier molecular flexibility index (Phi) is 4.65. The summed E-state index contributed by atoms with van der Waals surface area (Å²) < 4.78 is 19.6. The number of carbonyl (C=O) groups excluding carboxylic acids is 1. The maximum absolute atomic E-state index is 13.8. The molecule has 0 aromatic heterocycles. The van der Waals surface area contributed by atoms with Gasteiger partial charge in [-0.25, -0.2) is 4.79 Å². The number of rotatable bonds is 3. The van der Waals surface area contributed by atoms with E-state index >= 15 is 0 Å². The molecule has 0 aliphatic carbocycles. The highest BCUT2D eigenvalue weighted by Crippen LogP contribution is 2.64. The van der Waals surface area contributed by atoms with Crippen LogP contribution in [0.4, 0.5) is 10.5 Å². The molecule has 1 aliphatic heterocycles. The molecule has 0 saturated carbocycles. The largest absolute Gasteiger partial charge is 0.438 e. The number of halogens is 1. The van der Waals surface area contributed by atoms with Gasteiger partial charge < -0.3 is 15.2 Å². The summed E-state index contributed by atoms with van der Waals surface area (Å²) in [5.41, 5.74) is 1.15. The van der Waals surface area contributed by atoms with Gasteiger partial charge >= 0.3 is 13.4 Å². The van der Waals surface area contributed by atoms with Crippen molar-refractivity contribution < 1.29 is 13.9 Å². The van der Waals surface area contributed by atoms with E-state index in [1.54, 1.807) is 66.7 Å². The molecule has 0 bridgehead atoms. The van der Waals surface area contributed by atoms with Crippen molar-refractivity contribution in [2.24, 2.45) is 0 Å². The highest BCUT2D eigenvalue weighted by Gasteiger charge is 2.46. The average Bonchev–Trinajstić information content (AvgIpc) is 2.97. The van der Waals surface area contributed by atoms with E-state index in [0.717, 1.165) is 0 Å². The lowest BCUT2D eigenvalue weighted by molar-refractivity contribution is 0.251. The second kappa shape index (κ2) is 7.10. The molecule has 3 aromatic rings. The van der Waals surface area contributed by atoms with Crippen molar-refractivity contribution in [1.82, 2.24) is 5.32 Å². The van der Waals surface area contributed by atoms with E-state index in [1.807, 2.05) is 12.1 Å². The number of anilines is 1. The van der Waals surface area contributed by atoms with Gasteiger partial charge in [-0.3, -0.25) is 4.57 Å². The Balaban J connectivity index is 1.66. The Morgan fingerprint density at radius 1 is 0.926 bits per heavy atom. The van der Waals surface area contributed by atoms with Gasteiger partial charge in [0.05, 0.1) is 16.0 Å².